The van der Waals surface area contributed by atoms with Gasteiger partial charge in [-0.1, -0.05) is 44.2 Å². The number of rotatable bonds is 4. The summed E-state index contributed by atoms with van der Waals surface area (Å²) < 4.78 is 7.22. The zero-order valence-electron chi connectivity index (χ0n) is 24.9. The maximum atomic E-state index is 13.5. The van der Waals surface area contributed by atoms with E-state index in [0.717, 1.165) is 5.56 Å². The summed E-state index contributed by atoms with van der Waals surface area (Å²) in [5.74, 6) is -1.67. The third kappa shape index (κ3) is 7.02. The molecule has 14 heteroatoms. The van der Waals surface area contributed by atoms with E-state index >= 15 is 0 Å². The van der Waals surface area contributed by atoms with Crippen molar-refractivity contribution in [3.63, 3.8) is 0 Å². The molecule has 3 aromatic heterocycles. The first-order valence-corrected chi connectivity index (χ1v) is 15.1. The number of amides is 4. The van der Waals surface area contributed by atoms with Crippen molar-refractivity contribution in [3.8, 4) is 0 Å². The van der Waals surface area contributed by atoms with E-state index in [1.807, 2.05) is 44.2 Å². The predicted octanol–water partition coefficient (Wildman–Crippen LogP) is 2.59. The van der Waals surface area contributed by atoms with Crippen LogP contribution in [0.3, 0.4) is 0 Å². The van der Waals surface area contributed by atoms with Crippen LogP contribution in [-0.4, -0.2) is 67.9 Å². The molecule has 0 radical (unpaired) electrons. The van der Waals surface area contributed by atoms with Crippen LogP contribution in [0.4, 0.5) is 0 Å². The molecule has 5 rings (SSSR count). The van der Waals surface area contributed by atoms with Gasteiger partial charge in [-0.3, -0.25) is 23.9 Å². The Labute approximate surface area is 258 Å². The van der Waals surface area contributed by atoms with E-state index < -0.39 is 35.7 Å². The lowest BCUT2D eigenvalue weighted by molar-refractivity contribution is -0.122. The highest BCUT2D eigenvalue weighted by Gasteiger charge is 2.29. The number of thiazole rings is 1. The number of oxazole rings is 1. The molecule has 1 aliphatic rings. The van der Waals surface area contributed by atoms with Crippen LogP contribution in [0.1, 0.15) is 79.4 Å². The maximum absolute atomic E-state index is 13.5. The standard InChI is InChI=1S/C30H34N8O5S/c1-17(2)25-29-34-23(16-44-29)27(41)32-21(12-19-8-6-5-7-9-19)28-33-22(15-43-28)26(40)31-10-11-38(14-24(39)35-25)30(42)20-13-37(4)36-18(20)3/h5-9,13,15-17,21,25H,10-12,14H2,1-4H3,(H,31,40)(H,32,41)(H,35,39)/t21-,25-/m0/s1. The Morgan fingerprint density at radius 2 is 1.86 bits per heavy atom. The summed E-state index contributed by atoms with van der Waals surface area (Å²) >= 11 is 1.26. The molecule has 2 atom stereocenters. The lowest BCUT2D eigenvalue weighted by atomic mass is 10.0. The average molecular weight is 619 g/mol. The van der Waals surface area contributed by atoms with Gasteiger partial charge in [-0.15, -0.1) is 11.3 Å². The fourth-order valence-electron chi connectivity index (χ4n) is 4.90. The maximum Gasteiger partial charge on any atom is 0.273 e. The molecule has 1 aliphatic heterocycles. The summed E-state index contributed by atoms with van der Waals surface area (Å²) in [5.41, 5.74) is 2.00. The number of hydrogen-bond acceptors (Lipinski definition) is 9. The molecular formula is C30H34N8O5S. The van der Waals surface area contributed by atoms with E-state index in [4.69, 9.17) is 4.42 Å². The Balaban J connectivity index is 1.48. The van der Waals surface area contributed by atoms with E-state index in [1.165, 1.54) is 27.2 Å². The Kier molecular flexibility index (Phi) is 9.18. The number of fused-ring (bicyclic) bond motifs is 4. The summed E-state index contributed by atoms with van der Waals surface area (Å²) in [5, 5.41) is 15.1. The quantitative estimate of drug-likeness (QED) is 0.314. The van der Waals surface area contributed by atoms with Crippen LogP contribution >= 0.6 is 11.3 Å². The van der Waals surface area contributed by atoms with Gasteiger partial charge in [0.25, 0.3) is 17.7 Å². The van der Waals surface area contributed by atoms with Crippen molar-refractivity contribution in [3.05, 3.63) is 87.3 Å². The molecule has 0 saturated heterocycles. The summed E-state index contributed by atoms with van der Waals surface area (Å²) in [6, 6.07) is 8.33. The van der Waals surface area contributed by atoms with Gasteiger partial charge in [-0.25, -0.2) is 9.97 Å². The number of hydrogen-bond donors (Lipinski definition) is 3. The number of aromatic nitrogens is 4. The van der Waals surface area contributed by atoms with Crippen molar-refractivity contribution in [2.45, 2.75) is 39.3 Å². The molecule has 4 heterocycles. The number of carbonyl (C=O) groups excluding carboxylic acids is 4. The first kappa shape index (κ1) is 30.6. The van der Waals surface area contributed by atoms with Crippen molar-refractivity contribution >= 4 is 35.0 Å². The molecule has 44 heavy (non-hydrogen) atoms. The lowest BCUT2D eigenvalue weighted by Gasteiger charge is -2.25. The van der Waals surface area contributed by atoms with E-state index in [2.05, 4.69) is 31.0 Å². The molecule has 3 N–H and O–H groups in total. The van der Waals surface area contributed by atoms with Gasteiger partial charge in [-0.05, 0) is 18.4 Å². The molecule has 0 spiro atoms. The largest absolute Gasteiger partial charge is 0.446 e. The highest BCUT2D eigenvalue weighted by atomic mass is 32.1. The fraction of sp³-hybridized carbons (Fsp3) is 0.367. The van der Waals surface area contributed by atoms with Crippen LogP contribution < -0.4 is 16.0 Å². The first-order chi connectivity index (χ1) is 21.1. The topological polar surface area (TPSA) is 164 Å². The van der Waals surface area contributed by atoms with Gasteiger partial charge in [0, 0.05) is 38.1 Å². The minimum Gasteiger partial charge on any atom is -0.446 e. The minimum absolute atomic E-state index is 0.0165. The monoisotopic (exact) mass is 618 g/mol. The highest BCUT2D eigenvalue weighted by Crippen LogP contribution is 2.26. The van der Waals surface area contributed by atoms with Gasteiger partial charge in [0.05, 0.1) is 23.8 Å². The molecule has 0 saturated carbocycles. The summed E-state index contributed by atoms with van der Waals surface area (Å²) in [6.45, 7) is 5.43. The van der Waals surface area contributed by atoms with Gasteiger partial charge in [0.15, 0.2) is 5.69 Å². The molecule has 13 nitrogen and oxygen atoms in total. The van der Waals surface area contributed by atoms with Crippen LogP contribution in [0.25, 0.3) is 0 Å². The second-order valence-electron chi connectivity index (χ2n) is 10.9. The second-order valence-corrected chi connectivity index (χ2v) is 11.8. The Morgan fingerprint density at radius 1 is 1.09 bits per heavy atom. The Morgan fingerprint density at radius 3 is 2.57 bits per heavy atom. The molecule has 1 aromatic carbocycles. The van der Waals surface area contributed by atoms with Crippen LogP contribution in [-0.2, 0) is 18.3 Å². The van der Waals surface area contributed by atoms with Crippen molar-refractivity contribution < 1.29 is 23.6 Å². The third-order valence-electron chi connectivity index (χ3n) is 7.18. The number of benzene rings is 1. The van der Waals surface area contributed by atoms with E-state index in [1.54, 1.807) is 25.5 Å². The molecule has 4 amide bonds. The van der Waals surface area contributed by atoms with Crippen molar-refractivity contribution in [2.24, 2.45) is 13.0 Å². The van der Waals surface area contributed by atoms with Crippen molar-refractivity contribution in [2.75, 3.05) is 19.6 Å². The van der Waals surface area contributed by atoms with Crippen LogP contribution in [0.5, 0.6) is 0 Å². The predicted molar refractivity (Wildman–Crippen MR) is 161 cm³/mol. The summed E-state index contributed by atoms with van der Waals surface area (Å²) in [6.07, 6.45) is 3.19. The molecule has 0 aliphatic carbocycles. The molecule has 230 valence electrons. The molecule has 0 fully saturated rings. The van der Waals surface area contributed by atoms with Crippen LogP contribution in [0.15, 0.2) is 52.6 Å². The SMILES string of the molecule is Cc1nn(C)cc1C(=O)N1CCNC(=O)c2coc(n2)[C@H](Cc2ccccc2)NC(=O)c2csc(n2)[C@H](C(C)C)NC(=O)C1. The average Bonchev–Trinajstić information content (AvgIpc) is 3.75. The Hall–Kier alpha value is -4.85. The van der Waals surface area contributed by atoms with Crippen molar-refractivity contribution in [1.29, 1.82) is 0 Å². The zero-order chi connectivity index (χ0) is 31.4. The summed E-state index contributed by atoms with van der Waals surface area (Å²) in [7, 11) is 1.71. The molecule has 4 bridgehead atoms. The van der Waals surface area contributed by atoms with E-state index in [9.17, 15) is 19.2 Å². The number of aryl methyl sites for hydroxylation is 2. The van der Waals surface area contributed by atoms with E-state index in [-0.39, 0.29) is 42.8 Å². The molecule has 0 unspecified atom stereocenters. The van der Waals surface area contributed by atoms with Crippen LogP contribution in [0, 0.1) is 12.8 Å². The third-order valence-corrected chi connectivity index (χ3v) is 8.11. The van der Waals surface area contributed by atoms with Gasteiger partial charge in [0.2, 0.25) is 11.8 Å². The normalized spacial score (nSPS) is 18.3. The highest BCUT2D eigenvalue weighted by molar-refractivity contribution is 7.09. The number of nitrogens with one attached hydrogen (secondary N) is 3. The van der Waals surface area contributed by atoms with Gasteiger partial charge < -0.3 is 25.3 Å². The van der Waals surface area contributed by atoms with Gasteiger partial charge in [0.1, 0.15) is 23.0 Å². The first-order valence-electron chi connectivity index (χ1n) is 14.2. The second kappa shape index (κ2) is 13.2. The smallest absolute Gasteiger partial charge is 0.273 e. The summed E-state index contributed by atoms with van der Waals surface area (Å²) in [4.78, 5) is 63.6. The van der Waals surface area contributed by atoms with E-state index in [0.29, 0.717) is 22.7 Å². The van der Waals surface area contributed by atoms with Crippen molar-refractivity contribution in [1.82, 2.24) is 40.6 Å². The van der Waals surface area contributed by atoms with Crippen LogP contribution in [0.2, 0.25) is 0 Å². The fourth-order valence-corrected chi connectivity index (χ4v) is 5.92. The molecular weight excluding hydrogens is 584 g/mol. The number of nitrogens with zero attached hydrogens (tertiary/aromatic N) is 5. The number of carbonyl (C=O) groups is 4. The Bertz CT molecular complexity index is 1660. The van der Waals surface area contributed by atoms with Gasteiger partial charge >= 0.3 is 0 Å². The lowest BCUT2D eigenvalue weighted by Crippen LogP contribution is -2.45. The minimum atomic E-state index is -0.688. The zero-order valence-corrected chi connectivity index (χ0v) is 25.7. The molecule has 4 aromatic rings. The van der Waals surface area contributed by atoms with Gasteiger partial charge in [-0.2, -0.15) is 5.10 Å².